The molecule has 0 saturated heterocycles. The maximum Gasteiger partial charge on any atom is 0.281 e. The largest absolute Gasteiger partial charge is 0.394 e. The Hall–Kier alpha value is -1.74. The Balaban J connectivity index is 2.46. The first kappa shape index (κ1) is 12.7. The Morgan fingerprint density at radius 2 is 1.89 bits per heavy atom. The lowest BCUT2D eigenvalue weighted by molar-refractivity contribution is 0.581. The Morgan fingerprint density at radius 3 is 2.33 bits per heavy atom. The first-order chi connectivity index (χ1) is 8.33. The molecule has 0 atom stereocenters. The highest BCUT2D eigenvalue weighted by Crippen LogP contribution is 2.24. The molecule has 0 radical (unpaired) electrons. The monoisotopic (exact) mass is 290 g/mol. The zero-order chi connectivity index (χ0) is 13.5. The van der Waals surface area contributed by atoms with E-state index in [0.29, 0.717) is 0 Å². The number of aryl methyl sites for hydroxylation is 2. The van der Waals surface area contributed by atoms with Gasteiger partial charge < -0.3 is 5.73 Å². The van der Waals surface area contributed by atoms with Gasteiger partial charge in [-0.3, -0.25) is 14.1 Å². The van der Waals surface area contributed by atoms with Gasteiger partial charge in [-0.05, 0) is 0 Å². The minimum atomic E-state index is -3.87. The second-order valence-corrected chi connectivity index (χ2v) is 5.60. The molecule has 0 aliphatic carbocycles. The number of nitrogen functional groups attached to an aromatic ring is 1. The van der Waals surface area contributed by atoms with Crippen LogP contribution in [0.5, 0.6) is 0 Å². The predicted octanol–water partition coefficient (Wildman–Crippen LogP) is 0.190. The summed E-state index contributed by atoms with van der Waals surface area (Å²) in [6.45, 7) is 0. The first-order valence-electron chi connectivity index (χ1n) is 4.80. The summed E-state index contributed by atoms with van der Waals surface area (Å²) in [6.07, 6.45) is 2.60. The zero-order valence-electron chi connectivity index (χ0n) is 9.62. The van der Waals surface area contributed by atoms with Gasteiger partial charge in [0.15, 0.2) is 10.8 Å². The van der Waals surface area contributed by atoms with Gasteiger partial charge in [-0.25, -0.2) is 0 Å². The second-order valence-electron chi connectivity index (χ2n) is 3.60. The molecule has 2 aromatic heterocycles. The van der Waals surface area contributed by atoms with Gasteiger partial charge in [-0.1, -0.05) is 11.6 Å². The van der Waals surface area contributed by atoms with E-state index in [0.717, 1.165) is 4.68 Å². The van der Waals surface area contributed by atoms with E-state index in [1.807, 2.05) is 0 Å². The topological polar surface area (TPSA) is 108 Å². The van der Waals surface area contributed by atoms with Crippen LogP contribution in [0.15, 0.2) is 17.4 Å². The second kappa shape index (κ2) is 4.18. The molecule has 0 fully saturated rings. The van der Waals surface area contributed by atoms with Crippen molar-refractivity contribution in [3.8, 4) is 0 Å². The first-order valence-corrected chi connectivity index (χ1v) is 6.67. The molecule has 3 N–H and O–H groups in total. The average Bonchev–Trinajstić information content (AvgIpc) is 2.76. The van der Waals surface area contributed by atoms with E-state index in [-0.39, 0.29) is 21.6 Å². The molecule has 18 heavy (non-hydrogen) atoms. The number of sulfonamides is 1. The fraction of sp³-hybridized carbons (Fsp3) is 0.250. The van der Waals surface area contributed by atoms with Crippen LogP contribution in [0.25, 0.3) is 0 Å². The summed E-state index contributed by atoms with van der Waals surface area (Å²) in [7, 11) is -0.821. The lowest BCUT2D eigenvalue weighted by atomic mass is 10.5. The van der Waals surface area contributed by atoms with Gasteiger partial charge >= 0.3 is 0 Å². The smallest absolute Gasteiger partial charge is 0.281 e. The predicted molar refractivity (Wildman–Crippen MR) is 66.6 cm³/mol. The van der Waals surface area contributed by atoms with Gasteiger partial charge in [-0.15, -0.1) is 0 Å². The molecule has 0 saturated carbocycles. The fourth-order valence-electron chi connectivity index (χ4n) is 1.46. The molecule has 8 nitrogen and oxygen atoms in total. The molecule has 0 aliphatic rings. The van der Waals surface area contributed by atoms with E-state index in [2.05, 4.69) is 14.9 Å². The van der Waals surface area contributed by atoms with E-state index in [1.54, 1.807) is 7.05 Å². The van der Waals surface area contributed by atoms with Crippen LogP contribution in [-0.4, -0.2) is 28.0 Å². The number of nitrogens with two attached hydrogens (primary N) is 1. The zero-order valence-corrected chi connectivity index (χ0v) is 11.2. The highest BCUT2D eigenvalue weighted by molar-refractivity contribution is 7.92. The van der Waals surface area contributed by atoms with E-state index in [1.165, 1.54) is 24.1 Å². The number of rotatable bonds is 3. The van der Waals surface area contributed by atoms with Crippen molar-refractivity contribution in [2.45, 2.75) is 5.03 Å². The van der Waals surface area contributed by atoms with Crippen LogP contribution in [0, 0.1) is 0 Å². The van der Waals surface area contributed by atoms with E-state index in [4.69, 9.17) is 17.3 Å². The van der Waals surface area contributed by atoms with Crippen molar-refractivity contribution >= 4 is 33.1 Å². The molecule has 2 heterocycles. The number of aromatic nitrogens is 4. The van der Waals surface area contributed by atoms with Crippen LogP contribution in [0.2, 0.25) is 5.02 Å². The van der Waals surface area contributed by atoms with Gasteiger partial charge in [0.1, 0.15) is 0 Å². The number of hydrogen-bond donors (Lipinski definition) is 2. The standard InChI is InChI=1S/C8H11ClN6O2S/c1-14-7(6(10)4-12-14)13-18(16,17)8-5(9)3-11-15(8)2/h3-4,13H,10H2,1-2H3. The molecular weight excluding hydrogens is 280 g/mol. The molecule has 10 heteroatoms. The third-order valence-corrected chi connectivity index (χ3v) is 4.14. The number of nitrogens with zero attached hydrogens (tertiary/aromatic N) is 4. The van der Waals surface area contributed by atoms with Crippen LogP contribution >= 0.6 is 11.6 Å². The van der Waals surface area contributed by atoms with Gasteiger partial charge in [0.25, 0.3) is 10.0 Å². The van der Waals surface area contributed by atoms with Crippen LogP contribution in [0.1, 0.15) is 0 Å². The Morgan fingerprint density at radius 1 is 1.28 bits per heavy atom. The molecule has 2 rings (SSSR count). The molecule has 0 spiro atoms. The molecule has 0 bridgehead atoms. The maximum absolute atomic E-state index is 12.2. The lowest BCUT2D eigenvalue weighted by Gasteiger charge is -2.09. The van der Waals surface area contributed by atoms with Crippen LogP contribution < -0.4 is 10.5 Å². The van der Waals surface area contributed by atoms with Gasteiger partial charge in [-0.2, -0.15) is 18.6 Å². The van der Waals surface area contributed by atoms with Crippen LogP contribution in [0.3, 0.4) is 0 Å². The quantitative estimate of drug-likeness (QED) is 0.839. The van der Waals surface area contributed by atoms with E-state index >= 15 is 0 Å². The lowest BCUT2D eigenvalue weighted by Crippen LogP contribution is -2.19. The fourth-order valence-corrected chi connectivity index (χ4v) is 3.23. The molecule has 98 valence electrons. The molecule has 0 aliphatic heterocycles. The Kier molecular flexibility index (Phi) is 2.95. The summed E-state index contributed by atoms with van der Waals surface area (Å²) < 4.78 is 29.1. The van der Waals surface area contributed by atoms with E-state index < -0.39 is 10.0 Å². The molecule has 2 aromatic rings. The average molecular weight is 291 g/mol. The highest BCUT2D eigenvalue weighted by atomic mass is 35.5. The van der Waals surface area contributed by atoms with Gasteiger partial charge in [0.2, 0.25) is 0 Å². The summed E-state index contributed by atoms with van der Waals surface area (Å²) in [6, 6.07) is 0. The third-order valence-electron chi connectivity index (χ3n) is 2.30. The maximum atomic E-state index is 12.2. The van der Waals surface area contributed by atoms with Gasteiger partial charge in [0, 0.05) is 14.1 Å². The van der Waals surface area contributed by atoms with Crippen molar-refractivity contribution in [1.82, 2.24) is 19.6 Å². The summed E-state index contributed by atoms with van der Waals surface area (Å²) in [4.78, 5) is 0. The Bertz CT molecular complexity index is 650. The van der Waals surface area contributed by atoms with Gasteiger partial charge in [0.05, 0.1) is 23.1 Å². The summed E-state index contributed by atoms with van der Waals surface area (Å²) in [5.41, 5.74) is 5.83. The third kappa shape index (κ3) is 2.02. The van der Waals surface area contributed by atoms with Crippen molar-refractivity contribution in [2.75, 3.05) is 10.5 Å². The summed E-state index contributed by atoms with van der Waals surface area (Å²) in [5.74, 6) is 0.173. The molecular formula is C8H11ClN6O2S. The molecule has 0 aromatic carbocycles. The Labute approximate surface area is 108 Å². The normalized spacial score (nSPS) is 11.7. The highest BCUT2D eigenvalue weighted by Gasteiger charge is 2.24. The SMILES string of the molecule is Cn1ncc(N)c1NS(=O)(=O)c1c(Cl)cnn1C. The van der Waals surface area contributed by atoms with E-state index in [9.17, 15) is 8.42 Å². The summed E-state index contributed by atoms with van der Waals surface area (Å²) >= 11 is 5.79. The number of hydrogen-bond acceptors (Lipinski definition) is 5. The van der Waals surface area contributed by atoms with Crippen molar-refractivity contribution in [2.24, 2.45) is 14.1 Å². The summed E-state index contributed by atoms with van der Waals surface area (Å²) in [5, 5.41) is 7.50. The van der Waals surface area contributed by atoms with Crippen molar-refractivity contribution in [3.63, 3.8) is 0 Å². The number of anilines is 2. The minimum absolute atomic E-state index is 0.0331. The number of halogens is 1. The van der Waals surface area contributed by atoms with Crippen LogP contribution in [0.4, 0.5) is 11.5 Å². The van der Waals surface area contributed by atoms with Crippen molar-refractivity contribution < 1.29 is 8.42 Å². The minimum Gasteiger partial charge on any atom is -0.394 e. The van der Waals surface area contributed by atoms with Crippen molar-refractivity contribution in [1.29, 1.82) is 0 Å². The van der Waals surface area contributed by atoms with Crippen molar-refractivity contribution in [3.05, 3.63) is 17.4 Å². The number of nitrogens with one attached hydrogen (secondary N) is 1. The van der Waals surface area contributed by atoms with Crippen LogP contribution in [-0.2, 0) is 24.1 Å². The molecule has 0 unspecified atom stereocenters. The molecule has 0 amide bonds.